The number of rotatable bonds is 38. The largest absolute Gasteiger partial charge is 0.494 e. The predicted molar refractivity (Wildman–Crippen MR) is 474 cm³/mol. The third kappa shape index (κ3) is 34.2. The minimum absolute atomic E-state index is 0.00192. The molecule has 0 aliphatic carbocycles. The van der Waals surface area contributed by atoms with Crippen LogP contribution in [0, 0.1) is 22.7 Å². The molecule has 138 heavy (non-hydrogen) atoms. The summed E-state index contributed by atoms with van der Waals surface area (Å²) in [5.41, 5.74) is 0.582. The fraction of sp³-hybridized carbons (Fsp3) is 0.591. The lowest BCUT2D eigenvalue weighted by atomic mass is 10.1. The van der Waals surface area contributed by atoms with E-state index in [9.17, 15) is 126 Å². The summed E-state index contributed by atoms with van der Waals surface area (Å²) in [6.07, 6.45) is -1.62. The molecule has 0 saturated carbocycles. The molecule has 2 aromatic heterocycles. The second kappa shape index (κ2) is 52.3. The summed E-state index contributed by atoms with van der Waals surface area (Å²) in [5, 5.41) is 106. The van der Waals surface area contributed by atoms with Gasteiger partial charge in [0.1, 0.15) is 35.7 Å². The van der Waals surface area contributed by atoms with Gasteiger partial charge in [-0.2, -0.15) is 10.5 Å². The SMILES string of the molecule is N#C[C@@H]1CC(F)(F)CN1C(=O)CNC(=O)c1ccnc2ccc(OCCCC(=O)N3CCN(C(=O)CCC(C(=O)O)N4CCN(CC(=O)O)CCN(CC(=O)O)CCN(CC(=O)O)CC4)CCN(C(=O)CCCOc4ccc5nccc(C(=O)NCC(=O)N6CC(F)(F)C[C@H]6C#N)c5c4)CCN(C(=O)CCC(C(=O)O)N4CCN(CC(=O)O)CCN(CC(=O)O)CCN(CC(=O)O)CC4)CC3)cc12. The molecule has 2 aromatic carbocycles. The van der Waals surface area contributed by atoms with Gasteiger partial charge in [-0.15, -0.1) is 0 Å². The van der Waals surface area contributed by atoms with Gasteiger partial charge >= 0.3 is 47.8 Å². The first kappa shape index (κ1) is 108. The van der Waals surface area contributed by atoms with Gasteiger partial charge in [0, 0.05) is 219 Å². The van der Waals surface area contributed by atoms with E-state index < -0.39 is 235 Å². The van der Waals surface area contributed by atoms with E-state index in [2.05, 4.69) is 20.6 Å². The van der Waals surface area contributed by atoms with Crippen molar-refractivity contribution in [3.05, 3.63) is 72.1 Å². The number of carbonyl (C=O) groups is 16. The molecule has 5 fully saturated rings. The molecule has 5 aliphatic heterocycles. The van der Waals surface area contributed by atoms with Crippen LogP contribution in [0.4, 0.5) is 17.6 Å². The molecule has 2 unspecified atom stereocenters. The number of ether oxygens (including phenoxy) is 2. The maximum atomic E-state index is 15.3. The van der Waals surface area contributed by atoms with Crippen LogP contribution >= 0.6 is 0 Å². The molecule has 8 amide bonds. The zero-order valence-corrected chi connectivity index (χ0v) is 76.1. The Labute approximate surface area is 789 Å². The minimum atomic E-state index is -3.32. The van der Waals surface area contributed by atoms with Crippen molar-refractivity contribution in [2.75, 3.05) is 236 Å². The highest BCUT2D eigenvalue weighted by atomic mass is 19.3. The van der Waals surface area contributed by atoms with Crippen LogP contribution in [0.3, 0.4) is 0 Å². The van der Waals surface area contributed by atoms with E-state index >= 15 is 19.2 Å². The maximum Gasteiger partial charge on any atom is 0.320 e. The average molecular weight is 1950 g/mol. The highest BCUT2D eigenvalue weighted by Gasteiger charge is 2.49. The maximum absolute atomic E-state index is 15.3. The van der Waals surface area contributed by atoms with Crippen LogP contribution in [-0.4, -0.2) is 486 Å². The number of hydrogen-bond acceptors (Lipinski definition) is 30. The molecule has 0 spiro atoms. The Morgan fingerprint density at radius 2 is 0.645 bits per heavy atom. The minimum Gasteiger partial charge on any atom is -0.494 e. The molecular weight excluding hydrogens is 1830 g/mol. The molecule has 7 heterocycles. The van der Waals surface area contributed by atoms with Gasteiger partial charge in [-0.25, -0.2) is 17.6 Å². The Morgan fingerprint density at radius 3 is 0.906 bits per heavy atom. The van der Waals surface area contributed by atoms with E-state index in [1.807, 2.05) is 0 Å². The summed E-state index contributed by atoms with van der Waals surface area (Å²) >= 11 is 0. The number of pyridine rings is 2. The first-order valence-corrected chi connectivity index (χ1v) is 45.1. The van der Waals surface area contributed by atoms with E-state index in [1.165, 1.54) is 120 Å². The summed E-state index contributed by atoms with van der Waals surface area (Å²) in [4.78, 5) is 241. The van der Waals surface area contributed by atoms with Gasteiger partial charge in [-0.3, -0.25) is 126 Å². The van der Waals surface area contributed by atoms with Crippen LogP contribution in [0.25, 0.3) is 21.8 Å². The Morgan fingerprint density at radius 1 is 0.377 bits per heavy atom. The normalized spacial score (nSPS) is 19.4. The van der Waals surface area contributed by atoms with Crippen LogP contribution in [0.15, 0.2) is 60.9 Å². The van der Waals surface area contributed by atoms with E-state index in [4.69, 9.17) is 9.47 Å². The second-order valence-corrected chi connectivity index (χ2v) is 34.2. The molecule has 50 heteroatoms. The van der Waals surface area contributed by atoms with Gasteiger partial charge in [0.15, 0.2) is 0 Å². The van der Waals surface area contributed by atoms with Crippen LogP contribution in [0.2, 0.25) is 0 Å². The summed E-state index contributed by atoms with van der Waals surface area (Å²) in [6, 6.07) is 9.21. The lowest BCUT2D eigenvalue weighted by Gasteiger charge is -2.36. The lowest BCUT2D eigenvalue weighted by molar-refractivity contribution is -0.146. The fourth-order valence-electron chi connectivity index (χ4n) is 17.1. The van der Waals surface area contributed by atoms with Crippen LogP contribution in [-0.2, 0) is 67.1 Å². The molecule has 0 bridgehead atoms. The van der Waals surface area contributed by atoms with Gasteiger partial charge in [-0.05, 0) is 74.2 Å². The monoisotopic (exact) mass is 1940 g/mol. The number of nitrogens with zero attached hydrogens (tertiary/aromatic N) is 18. The molecule has 4 atom stereocenters. The number of carboxylic acid groups (broad SMARTS) is 8. The highest BCUT2D eigenvalue weighted by Crippen LogP contribution is 2.34. The molecule has 9 rings (SSSR count). The summed E-state index contributed by atoms with van der Waals surface area (Å²) in [7, 11) is 0. The number of aliphatic carboxylic acids is 8. The Hall–Kier alpha value is -13.2. The summed E-state index contributed by atoms with van der Waals surface area (Å²) < 4.78 is 69.3. The number of halogens is 4. The van der Waals surface area contributed by atoms with Crippen LogP contribution in [0.5, 0.6) is 11.5 Å². The van der Waals surface area contributed by atoms with Crippen molar-refractivity contribution in [1.82, 2.24) is 89.2 Å². The van der Waals surface area contributed by atoms with Crippen LogP contribution < -0.4 is 20.1 Å². The quantitative estimate of drug-likeness (QED) is 0.0181. The lowest BCUT2D eigenvalue weighted by Crippen LogP contribution is -2.52. The van der Waals surface area contributed by atoms with Crippen molar-refractivity contribution < 1.29 is 145 Å². The first-order chi connectivity index (χ1) is 65.6. The number of nitriles is 2. The van der Waals surface area contributed by atoms with Gasteiger partial charge < -0.3 is 90.4 Å². The number of carboxylic acids is 8. The number of fused-ring (bicyclic) bond motifs is 2. The van der Waals surface area contributed by atoms with Crippen molar-refractivity contribution >= 4 is 117 Å². The number of aromatic nitrogens is 2. The molecular formula is C88H116F4N20O26. The number of carbonyl (C=O) groups excluding carboxylic acids is 8. The number of likely N-dealkylation sites (tertiary alicyclic amines) is 2. The van der Waals surface area contributed by atoms with Crippen molar-refractivity contribution in [1.29, 1.82) is 10.5 Å². The van der Waals surface area contributed by atoms with Gasteiger partial charge in [0.25, 0.3) is 23.7 Å². The third-order valence-corrected chi connectivity index (χ3v) is 24.4. The van der Waals surface area contributed by atoms with E-state index in [0.29, 0.717) is 20.8 Å². The molecule has 0 radical (unpaired) electrons. The third-order valence-electron chi connectivity index (χ3n) is 24.4. The zero-order valence-electron chi connectivity index (χ0n) is 76.1. The Kier molecular flexibility index (Phi) is 41.1. The van der Waals surface area contributed by atoms with Crippen molar-refractivity contribution in [3.8, 4) is 23.6 Å². The smallest absolute Gasteiger partial charge is 0.320 e. The number of benzene rings is 2. The number of amides is 8. The molecule has 4 aromatic rings. The fourth-order valence-corrected chi connectivity index (χ4v) is 17.1. The number of alkyl halides is 4. The number of nitrogens with one attached hydrogen (secondary N) is 2. The van der Waals surface area contributed by atoms with E-state index in [-0.39, 0.29) is 229 Å². The van der Waals surface area contributed by atoms with Gasteiger partial charge in [-0.1, -0.05) is 0 Å². The molecule has 5 aliphatic rings. The predicted octanol–water partition coefficient (Wildman–Crippen LogP) is -1.47. The standard InChI is InChI=1S/C88H116F4N20O26/c89-87(90)45-59(47-93)111(57-87)75(117)49-97-83(131)63-13-15-95-67-7-5-61(43-65(63)67)137-41-1-3-71(113)107-33-37-109(73(115)11-9-69(85(133)134)105-29-25-101(53-79(123)124)21-17-99(51-77(119)120)18-22-102(26-30-105)54-80(125)126)39-35-108(72(114)4-2-42-138-62-6-8-68-66(44-62)64(14-16-96-68)84(132)98-50-76(118)112-58-88(91,92)46-60(112)48-94)36-40-110(38-34-107)74(116)12-10-70(86(135)136)106-31-27-103(55-81(127)128)23-19-100(52-78(121)122)20-24-104(28-32-106)56-82(129)130/h5-8,13-16,43-44,59-60,69-70H,1-4,9-12,17-42,45-46,49-58H2,(H,97,131)(H,98,132)(H,119,120)(H,121,122)(H,123,124)(H,125,126)(H,127,128)(H,129,130)(H,133,134)(H,135,136)/t59-,60-,69?,70?/m0/s1. The Bertz CT molecular complexity index is 4730. The van der Waals surface area contributed by atoms with E-state index in [0.717, 1.165) is 0 Å². The molecule has 5 saturated heterocycles. The van der Waals surface area contributed by atoms with E-state index in [1.54, 1.807) is 12.1 Å². The van der Waals surface area contributed by atoms with Crippen molar-refractivity contribution in [3.63, 3.8) is 0 Å². The summed E-state index contributed by atoms with van der Waals surface area (Å²) in [5.74, 6) is -22.5. The number of hydrogen-bond donors (Lipinski definition) is 10. The first-order valence-electron chi connectivity index (χ1n) is 45.1. The average Bonchev–Trinajstić information content (AvgIpc) is 1.52. The van der Waals surface area contributed by atoms with Crippen molar-refractivity contribution in [2.24, 2.45) is 0 Å². The molecule has 752 valence electrons. The van der Waals surface area contributed by atoms with Gasteiger partial charge in [0.2, 0.25) is 35.4 Å². The topological polar surface area (TPSA) is 596 Å². The molecule has 46 nitrogen and oxygen atoms in total. The molecule has 10 N–H and O–H groups in total. The zero-order chi connectivity index (χ0) is 101. The van der Waals surface area contributed by atoms with Gasteiger partial charge in [0.05, 0.1) is 113 Å². The highest BCUT2D eigenvalue weighted by molar-refractivity contribution is 6.08. The Balaban J connectivity index is 0.996. The second-order valence-electron chi connectivity index (χ2n) is 34.2. The van der Waals surface area contributed by atoms with Crippen LogP contribution in [0.1, 0.15) is 84.9 Å². The summed E-state index contributed by atoms with van der Waals surface area (Å²) in [6.45, 7) is -10.3. The van der Waals surface area contributed by atoms with Crippen molar-refractivity contribution in [2.45, 2.75) is 100 Å².